The molecule has 1 N–H and O–H groups in total. The molecule has 0 aromatic heterocycles. The molecule has 0 amide bonds. The highest BCUT2D eigenvalue weighted by molar-refractivity contribution is 7.80. The van der Waals surface area contributed by atoms with Crippen LogP contribution >= 0.6 is 12.2 Å². The predicted molar refractivity (Wildman–Crippen MR) is 103 cm³/mol. The maximum absolute atomic E-state index is 5.54. The number of rotatable bonds is 7. The van der Waals surface area contributed by atoms with Crippen LogP contribution < -0.4 is 15.0 Å². The largest absolute Gasteiger partial charge is 0.497 e. The molecule has 0 spiro atoms. The van der Waals surface area contributed by atoms with Crippen LogP contribution in [-0.4, -0.2) is 62.6 Å². The Hall–Kier alpha value is -1.53. The minimum absolute atomic E-state index is 0.293. The third-order valence-corrected chi connectivity index (χ3v) is 4.44. The SMILES string of the molecule is COc1cccc(N2CCN(C(=S)NCCCOC(C)C)CC2)c1. The van der Waals surface area contributed by atoms with E-state index in [0.29, 0.717) is 6.10 Å². The number of hydrogen-bond donors (Lipinski definition) is 1. The summed E-state index contributed by atoms with van der Waals surface area (Å²) in [6.45, 7) is 9.55. The molecule has 6 heteroatoms. The highest BCUT2D eigenvalue weighted by Gasteiger charge is 2.19. The smallest absolute Gasteiger partial charge is 0.169 e. The highest BCUT2D eigenvalue weighted by Crippen LogP contribution is 2.22. The second-order valence-corrected chi connectivity index (χ2v) is 6.57. The van der Waals surface area contributed by atoms with Gasteiger partial charge in [-0.15, -0.1) is 0 Å². The molecule has 1 aliphatic rings. The molecule has 0 radical (unpaired) electrons. The Bertz CT molecular complexity index is 517. The molecule has 0 saturated carbocycles. The summed E-state index contributed by atoms with van der Waals surface area (Å²) >= 11 is 5.51. The lowest BCUT2D eigenvalue weighted by Crippen LogP contribution is -2.52. The lowest BCUT2D eigenvalue weighted by atomic mass is 10.2. The van der Waals surface area contributed by atoms with E-state index in [1.807, 2.05) is 12.1 Å². The van der Waals surface area contributed by atoms with Crippen molar-refractivity contribution in [3.8, 4) is 5.75 Å². The van der Waals surface area contributed by atoms with Crippen LogP contribution in [0.1, 0.15) is 20.3 Å². The topological polar surface area (TPSA) is 37.0 Å². The first-order chi connectivity index (χ1) is 11.6. The van der Waals surface area contributed by atoms with Crippen molar-refractivity contribution in [2.45, 2.75) is 26.4 Å². The summed E-state index contributed by atoms with van der Waals surface area (Å²) in [5.74, 6) is 0.899. The molecule has 0 atom stereocenters. The van der Waals surface area contributed by atoms with Gasteiger partial charge in [0, 0.05) is 51.1 Å². The first kappa shape index (κ1) is 18.8. The number of ether oxygens (including phenoxy) is 2. The number of piperazine rings is 1. The maximum atomic E-state index is 5.54. The van der Waals surface area contributed by atoms with E-state index in [0.717, 1.165) is 56.6 Å². The minimum Gasteiger partial charge on any atom is -0.497 e. The molecule has 5 nitrogen and oxygen atoms in total. The number of hydrogen-bond acceptors (Lipinski definition) is 4. The number of thiocarbonyl (C=S) groups is 1. The number of nitrogens with one attached hydrogen (secondary N) is 1. The average molecular weight is 352 g/mol. The van der Waals surface area contributed by atoms with E-state index >= 15 is 0 Å². The Kier molecular flexibility index (Phi) is 7.59. The fourth-order valence-electron chi connectivity index (χ4n) is 2.67. The Balaban J connectivity index is 1.70. The van der Waals surface area contributed by atoms with Gasteiger partial charge in [-0.1, -0.05) is 6.07 Å². The quantitative estimate of drug-likeness (QED) is 0.601. The Morgan fingerprint density at radius 2 is 2.00 bits per heavy atom. The second kappa shape index (κ2) is 9.69. The molecule has 2 rings (SSSR count). The summed E-state index contributed by atoms with van der Waals surface area (Å²) in [7, 11) is 1.70. The Labute approximate surface area is 150 Å². The van der Waals surface area contributed by atoms with Crippen molar-refractivity contribution in [3.63, 3.8) is 0 Å². The van der Waals surface area contributed by atoms with Gasteiger partial charge in [-0.25, -0.2) is 0 Å². The molecule has 1 aliphatic heterocycles. The highest BCUT2D eigenvalue weighted by atomic mass is 32.1. The molecule has 1 aromatic rings. The van der Waals surface area contributed by atoms with Gasteiger partial charge in [-0.05, 0) is 44.6 Å². The fourth-order valence-corrected chi connectivity index (χ4v) is 2.96. The zero-order chi connectivity index (χ0) is 17.4. The molecule has 1 heterocycles. The van der Waals surface area contributed by atoms with Gasteiger partial charge in [0.1, 0.15) is 5.75 Å². The lowest BCUT2D eigenvalue weighted by molar-refractivity contribution is 0.0776. The van der Waals surface area contributed by atoms with Gasteiger partial charge in [0.15, 0.2) is 5.11 Å². The van der Waals surface area contributed by atoms with Gasteiger partial charge < -0.3 is 24.6 Å². The van der Waals surface area contributed by atoms with Crippen LogP contribution in [0.2, 0.25) is 0 Å². The third kappa shape index (κ3) is 5.83. The summed E-state index contributed by atoms with van der Waals surface area (Å²) in [4.78, 5) is 4.62. The molecule has 1 fully saturated rings. The monoisotopic (exact) mass is 351 g/mol. The van der Waals surface area contributed by atoms with Crippen LogP contribution in [0.4, 0.5) is 5.69 Å². The van der Waals surface area contributed by atoms with E-state index in [-0.39, 0.29) is 0 Å². The van der Waals surface area contributed by atoms with Crippen molar-refractivity contribution in [2.75, 3.05) is 51.3 Å². The first-order valence-corrected chi connectivity index (χ1v) is 9.04. The van der Waals surface area contributed by atoms with Crippen molar-refractivity contribution in [3.05, 3.63) is 24.3 Å². The molecule has 0 aliphatic carbocycles. The van der Waals surface area contributed by atoms with Crippen molar-refractivity contribution in [2.24, 2.45) is 0 Å². The second-order valence-electron chi connectivity index (χ2n) is 6.18. The van der Waals surface area contributed by atoms with E-state index in [1.54, 1.807) is 7.11 Å². The summed E-state index contributed by atoms with van der Waals surface area (Å²) in [5, 5.41) is 4.19. The normalized spacial score (nSPS) is 14.8. The first-order valence-electron chi connectivity index (χ1n) is 8.63. The van der Waals surface area contributed by atoms with Crippen LogP contribution in [0.25, 0.3) is 0 Å². The Morgan fingerprint density at radius 3 is 2.67 bits per heavy atom. The molecule has 0 unspecified atom stereocenters. The standard InChI is InChI=1S/C18H29N3O2S/c1-15(2)23-13-5-8-19-18(24)21-11-9-20(10-12-21)16-6-4-7-17(14-16)22-3/h4,6-7,14-15H,5,8-13H2,1-3H3,(H,19,24). The average Bonchev–Trinajstić information content (AvgIpc) is 2.61. The number of nitrogens with zero attached hydrogens (tertiary/aromatic N) is 2. The van der Waals surface area contributed by atoms with E-state index in [2.05, 4.69) is 41.1 Å². The molecular weight excluding hydrogens is 322 g/mol. The van der Waals surface area contributed by atoms with Gasteiger partial charge >= 0.3 is 0 Å². The molecule has 24 heavy (non-hydrogen) atoms. The van der Waals surface area contributed by atoms with Crippen molar-refractivity contribution < 1.29 is 9.47 Å². The molecule has 1 saturated heterocycles. The van der Waals surface area contributed by atoms with Crippen LogP contribution in [0.3, 0.4) is 0 Å². The van der Waals surface area contributed by atoms with E-state index in [1.165, 1.54) is 5.69 Å². The van der Waals surface area contributed by atoms with Gasteiger partial charge in [-0.2, -0.15) is 0 Å². The lowest BCUT2D eigenvalue weighted by Gasteiger charge is -2.37. The van der Waals surface area contributed by atoms with Gasteiger partial charge in [0.05, 0.1) is 13.2 Å². The minimum atomic E-state index is 0.293. The molecule has 1 aromatic carbocycles. The number of methoxy groups -OCH3 is 1. The number of benzene rings is 1. The van der Waals surface area contributed by atoms with E-state index in [9.17, 15) is 0 Å². The van der Waals surface area contributed by atoms with Crippen LogP contribution in [-0.2, 0) is 4.74 Å². The molecule has 0 bridgehead atoms. The number of anilines is 1. The van der Waals surface area contributed by atoms with Crippen molar-refractivity contribution >= 4 is 23.0 Å². The van der Waals surface area contributed by atoms with Crippen LogP contribution in [0.15, 0.2) is 24.3 Å². The van der Waals surface area contributed by atoms with Crippen LogP contribution in [0, 0.1) is 0 Å². The maximum Gasteiger partial charge on any atom is 0.169 e. The van der Waals surface area contributed by atoms with Gasteiger partial charge in [-0.3, -0.25) is 0 Å². The van der Waals surface area contributed by atoms with E-state index < -0.39 is 0 Å². The predicted octanol–water partition coefficient (Wildman–Crippen LogP) is 2.51. The van der Waals surface area contributed by atoms with Crippen molar-refractivity contribution in [1.29, 1.82) is 0 Å². The van der Waals surface area contributed by atoms with Gasteiger partial charge in [0.25, 0.3) is 0 Å². The summed E-state index contributed by atoms with van der Waals surface area (Å²) < 4.78 is 10.8. The fraction of sp³-hybridized carbons (Fsp3) is 0.611. The van der Waals surface area contributed by atoms with Crippen LogP contribution in [0.5, 0.6) is 5.75 Å². The van der Waals surface area contributed by atoms with Crippen molar-refractivity contribution in [1.82, 2.24) is 10.2 Å². The molecular formula is C18H29N3O2S. The third-order valence-electron chi connectivity index (χ3n) is 4.03. The summed E-state index contributed by atoms with van der Waals surface area (Å²) in [6, 6.07) is 8.22. The zero-order valence-corrected chi connectivity index (χ0v) is 15.8. The summed E-state index contributed by atoms with van der Waals surface area (Å²) in [6.07, 6.45) is 1.27. The molecule has 134 valence electrons. The van der Waals surface area contributed by atoms with E-state index in [4.69, 9.17) is 21.7 Å². The summed E-state index contributed by atoms with van der Waals surface area (Å²) in [5.41, 5.74) is 1.21. The Morgan fingerprint density at radius 1 is 1.25 bits per heavy atom. The zero-order valence-electron chi connectivity index (χ0n) is 15.0. The van der Waals surface area contributed by atoms with Gasteiger partial charge in [0.2, 0.25) is 0 Å².